The highest BCUT2D eigenvalue weighted by atomic mass is 32.2. The van der Waals surface area contributed by atoms with Crippen LogP contribution in [0.4, 0.5) is 0 Å². The molecule has 0 amide bonds. The fourth-order valence-corrected chi connectivity index (χ4v) is 2.07. The molecule has 0 heterocycles. The molecule has 0 aromatic heterocycles. The van der Waals surface area contributed by atoms with Gasteiger partial charge in [-0.1, -0.05) is 13.8 Å². The van der Waals surface area contributed by atoms with Crippen molar-refractivity contribution < 1.29 is 17.9 Å². The van der Waals surface area contributed by atoms with Crippen molar-refractivity contribution in [3.63, 3.8) is 0 Å². The Kier molecular flexibility index (Phi) is 8.11. The molecule has 0 fully saturated rings. The van der Waals surface area contributed by atoms with Crippen molar-refractivity contribution in [2.45, 2.75) is 33.6 Å². The van der Waals surface area contributed by atoms with Crippen molar-refractivity contribution in [3.8, 4) is 0 Å². The Balaban J connectivity index is 3.69. The zero-order valence-electron chi connectivity index (χ0n) is 10.7. The molecule has 0 radical (unpaired) electrons. The van der Waals surface area contributed by atoms with Gasteiger partial charge in [0.1, 0.15) is 0 Å². The van der Waals surface area contributed by atoms with Crippen LogP contribution in [0.25, 0.3) is 0 Å². The molecule has 0 aromatic rings. The largest absolute Gasteiger partial charge is 0.466 e. The second kappa shape index (κ2) is 8.43. The molecule has 0 unspecified atom stereocenters. The van der Waals surface area contributed by atoms with E-state index in [-0.39, 0.29) is 24.9 Å². The lowest BCUT2D eigenvalue weighted by Crippen LogP contribution is -2.38. The third-order valence-electron chi connectivity index (χ3n) is 1.84. The normalized spacial score (nSPS) is 11.8. The molecule has 0 aromatic carbocycles. The Bertz CT molecular complexity index is 314. The number of carbonyl (C=O) groups is 1. The lowest BCUT2D eigenvalue weighted by Gasteiger charge is -2.09. The van der Waals surface area contributed by atoms with Crippen LogP contribution < -0.4 is 9.44 Å². The topological polar surface area (TPSA) is 84.5 Å². The lowest BCUT2D eigenvalue weighted by molar-refractivity contribution is -0.143. The molecule has 0 rings (SSSR count). The number of carbonyl (C=O) groups excluding carboxylic acids is 1. The fourth-order valence-electron chi connectivity index (χ4n) is 1.000. The van der Waals surface area contributed by atoms with Crippen LogP contribution in [0.5, 0.6) is 0 Å². The van der Waals surface area contributed by atoms with Crippen molar-refractivity contribution in [2.24, 2.45) is 5.92 Å². The zero-order valence-corrected chi connectivity index (χ0v) is 11.5. The van der Waals surface area contributed by atoms with Crippen LogP contribution in [-0.2, 0) is 19.7 Å². The Morgan fingerprint density at radius 3 is 2.47 bits per heavy atom. The summed E-state index contributed by atoms with van der Waals surface area (Å²) in [5.74, 6) is -0.0482. The quantitative estimate of drug-likeness (QED) is 0.467. The van der Waals surface area contributed by atoms with Gasteiger partial charge in [-0.2, -0.15) is 8.42 Å². The van der Waals surface area contributed by atoms with Gasteiger partial charge in [0.15, 0.2) is 0 Å². The summed E-state index contributed by atoms with van der Waals surface area (Å²) >= 11 is 0. The van der Waals surface area contributed by atoms with E-state index in [2.05, 4.69) is 9.44 Å². The molecule has 0 atom stereocenters. The molecular formula is C10H22N2O4S. The Labute approximate surface area is 103 Å². The Hall–Kier alpha value is -0.660. The van der Waals surface area contributed by atoms with Gasteiger partial charge in [0.25, 0.3) is 10.2 Å². The standard InChI is InChI=1S/C10H22N2O4S/c1-4-16-10(13)6-5-7-11-17(14,15)12-8-9(2)3/h9,11-12H,4-8H2,1-3H3. The van der Waals surface area contributed by atoms with Gasteiger partial charge < -0.3 is 4.74 Å². The SMILES string of the molecule is CCOC(=O)CCCNS(=O)(=O)NCC(C)C. The predicted octanol–water partition coefficient (Wildman–Crippen LogP) is 0.410. The van der Waals surface area contributed by atoms with E-state index in [0.29, 0.717) is 19.6 Å². The molecule has 102 valence electrons. The zero-order chi connectivity index (χ0) is 13.3. The molecule has 0 aliphatic carbocycles. The summed E-state index contributed by atoms with van der Waals surface area (Å²) in [7, 11) is -3.44. The van der Waals surface area contributed by atoms with Crippen LogP contribution in [0.1, 0.15) is 33.6 Å². The molecule has 0 saturated carbocycles. The lowest BCUT2D eigenvalue weighted by atomic mass is 10.2. The fraction of sp³-hybridized carbons (Fsp3) is 0.900. The van der Waals surface area contributed by atoms with Gasteiger partial charge in [0, 0.05) is 19.5 Å². The molecule has 0 saturated heterocycles. The van der Waals surface area contributed by atoms with E-state index >= 15 is 0 Å². The van der Waals surface area contributed by atoms with Crippen molar-refractivity contribution in [3.05, 3.63) is 0 Å². The van der Waals surface area contributed by atoms with E-state index in [0.717, 1.165) is 0 Å². The third kappa shape index (κ3) is 10.2. The summed E-state index contributed by atoms with van der Waals surface area (Å²) in [4.78, 5) is 11.0. The number of rotatable bonds is 9. The van der Waals surface area contributed by atoms with Crippen molar-refractivity contribution in [1.82, 2.24) is 9.44 Å². The molecular weight excluding hydrogens is 244 g/mol. The second-order valence-corrected chi connectivity index (χ2v) is 5.63. The minimum absolute atomic E-state index is 0.223. The van der Waals surface area contributed by atoms with E-state index in [4.69, 9.17) is 4.74 Å². The molecule has 17 heavy (non-hydrogen) atoms. The van der Waals surface area contributed by atoms with Crippen molar-refractivity contribution in [1.29, 1.82) is 0 Å². The molecule has 0 bridgehead atoms. The first-order valence-corrected chi connectivity index (χ1v) is 7.25. The molecule has 0 aliphatic heterocycles. The highest BCUT2D eigenvalue weighted by Gasteiger charge is 2.09. The Morgan fingerprint density at radius 1 is 1.29 bits per heavy atom. The smallest absolute Gasteiger partial charge is 0.305 e. The maximum atomic E-state index is 11.4. The van der Waals surface area contributed by atoms with Gasteiger partial charge in [0.05, 0.1) is 6.61 Å². The van der Waals surface area contributed by atoms with Crippen molar-refractivity contribution >= 4 is 16.2 Å². The molecule has 6 nitrogen and oxygen atoms in total. The van der Waals surface area contributed by atoms with Crippen LogP contribution in [-0.4, -0.2) is 34.1 Å². The average molecular weight is 266 g/mol. The minimum Gasteiger partial charge on any atom is -0.466 e. The summed E-state index contributed by atoms with van der Waals surface area (Å²) in [6.07, 6.45) is 0.655. The van der Waals surface area contributed by atoms with Gasteiger partial charge in [0.2, 0.25) is 0 Å². The third-order valence-corrected chi connectivity index (χ3v) is 2.97. The summed E-state index contributed by atoms with van der Waals surface area (Å²) in [5, 5.41) is 0. The van der Waals surface area contributed by atoms with E-state index in [1.807, 2.05) is 13.8 Å². The van der Waals surface area contributed by atoms with Crippen LogP contribution >= 0.6 is 0 Å². The number of hydrogen-bond donors (Lipinski definition) is 2. The van der Waals surface area contributed by atoms with Crippen LogP contribution in [0, 0.1) is 5.92 Å². The monoisotopic (exact) mass is 266 g/mol. The van der Waals surface area contributed by atoms with Crippen LogP contribution in [0.15, 0.2) is 0 Å². The predicted molar refractivity (Wildman–Crippen MR) is 65.6 cm³/mol. The van der Waals surface area contributed by atoms with E-state index in [1.54, 1.807) is 6.92 Å². The van der Waals surface area contributed by atoms with Crippen molar-refractivity contribution in [2.75, 3.05) is 19.7 Å². The van der Waals surface area contributed by atoms with Crippen LogP contribution in [0.3, 0.4) is 0 Å². The van der Waals surface area contributed by atoms with Gasteiger partial charge in [-0.3, -0.25) is 4.79 Å². The van der Waals surface area contributed by atoms with Gasteiger partial charge in [-0.05, 0) is 19.3 Å². The van der Waals surface area contributed by atoms with E-state index < -0.39 is 10.2 Å². The van der Waals surface area contributed by atoms with E-state index in [1.165, 1.54) is 0 Å². The Morgan fingerprint density at radius 2 is 1.94 bits per heavy atom. The molecule has 0 spiro atoms. The molecule has 2 N–H and O–H groups in total. The van der Waals surface area contributed by atoms with Gasteiger partial charge >= 0.3 is 5.97 Å². The first-order valence-electron chi connectivity index (χ1n) is 5.77. The summed E-state index contributed by atoms with van der Waals surface area (Å²) < 4.78 is 32.2. The summed E-state index contributed by atoms with van der Waals surface area (Å²) in [5.41, 5.74) is 0. The number of esters is 1. The average Bonchev–Trinajstić information content (AvgIpc) is 2.22. The maximum absolute atomic E-state index is 11.4. The first kappa shape index (κ1) is 16.3. The maximum Gasteiger partial charge on any atom is 0.305 e. The molecule has 0 aliphatic rings. The van der Waals surface area contributed by atoms with Gasteiger partial charge in [-0.15, -0.1) is 0 Å². The highest BCUT2D eigenvalue weighted by molar-refractivity contribution is 7.87. The number of nitrogens with one attached hydrogen (secondary N) is 2. The van der Waals surface area contributed by atoms with Crippen LogP contribution in [0.2, 0.25) is 0 Å². The minimum atomic E-state index is -3.44. The number of ether oxygens (including phenoxy) is 1. The summed E-state index contributed by atoms with van der Waals surface area (Å²) in [6.45, 7) is 6.54. The van der Waals surface area contributed by atoms with E-state index in [9.17, 15) is 13.2 Å². The molecule has 7 heteroatoms. The number of hydrogen-bond acceptors (Lipinski definition) is 4. The second-order valence-electron chi connectivity index (χ2n) is 4.05. The summed E-state index contributed by atoms with van der Waals surface area (Å²) in [6, 6.07) is 0. The van der Waals surface area contributed by atoms with Gasteiger partial charge in [-0.25, -0.2) is 9.44 Å². The highest BCUT2D eigenvalue weighted by Crippen LogP contribution is 1.93. The first-order chi connectivity index (χ1) is 7.87.